The molecule has 1 aromatic carbocycles. The Morgan fingerprint density at radius 3 is 2.35 bits per heavy atom. The summed E-state index contributed by atoms with van der Waals surface area (Å²) in [6.07, 6.45) is 1.45. The Hall–Kier alpha value is -2.68. The third kappa shape index (κ3) is 3.75. The van der Waals surface area contributed by atoms with E-state index in [1.54, 1.807) is 6.07 Å². The molecule has 7 nitrogen and oxygen atoms in total. The van der Waals surface area contributed by atoms with Gasteiger partial charge in [0.1, 0.15) is 5.69 Å². The van der Waals surface area contributed by atoms with Crippen molar-refractivity contribution in [3.8, 4) is 0 Å². The highest BCUT2D eigenvalue weighted by Gasteiger charge is 2.22. The Kier molecular flexibility index (Phi) is 5.12. The molecule has 1 fully saturated rings. The summed E-state index contributed by atoms with van der Waals surface area (Å²) >= 11 is 0. The van der Waals surface area contributed by atoms with Crippen LogP contribution in [0.5, 0.6) is 0 Å². The first-order valence-electron chi connectivity index (χ1n) is 6.69. The van der Waals surface area contributed by atoms with Gasteiger partial charge in [-0.3, -0.25) is 0 Å². The molecule has 2 aromatic rings. The van der Waals surface area contributed by atoms with Crippen LogP contribution in [0.3, 0.4) is 0 Å². The molecule has 0 bridgehead atoms. The van der Waals surface area contributed by atoms with E-state index in [4.69, 9.17) is 24.2 Å². The number of hydrogen-bond donors (Lipinski definition) is 3. The molecule has 0 amide bonds. The van der Waals surface area contributed by atoms with Crippen LogP contribution in [0.4, 0.5) is 14.5 Å². The van der Waals surface area contributed by atoms with Gasteiger partial charge < -0.3 is 24.8 Å². The molecule has 0 radical (unpaired) electrons. The number of nitrogens with one attached hydrogen (secondary N) is 1. The molecule has 2 heterocycles. The number of hydrogen-bond acceptors (Lipinski definition) is 5. The molecule has 1 saturated heterocycles. The molecule has 3 rings (SSSR count). The monoisotopic (exact) mass is 328 g/mol. The lowest BCUT2D eigenvalue weighted by Gasteiger charge is -2.29. The van der Waals surface area contributed by atoms with Gasteiger partial charge in [0.2, 0.25) is 0 Å². The molecule has 0 saturated carbocycles. The van der Waals surface area contributed by atoms with E-state index in [1.807, 2.05) is 4.90 Å². The van der Waals surface area contributed by atoms with Gasteiger partial charge in [-0.1, -0.05) is 0 Å². The first-order valence-corrected chi connectivity index (χ1v) is 6.69. The smallest absolute Gasteiger partial charge is 0.414 e. The molecule has 23 heavy (non-hydrogen) atoms. The van der Waals surface area contributed by atoms with Crippen molar-refractivity contribution < 1.29 is 33.0 Å². The van der Waals surface area contributed by atoms with Crippen molar-refractivity contribution >= 4 is 28.6 Å². The van der Waals surface area contributed by atoms with Crippen LogP contribution in [0.15, 0.2) is 22.8 Å². The molecule has 1 aromatic heterocycles. The second-order valence-electron chi connectivity index (χ2n) is 4.71. The first kappa shape index (κ1) is 16.7. The topological polar surface area (TPSA) is 103 Å². The van der Waals surface area contributed by atoms with Crippen molar-refractivity contribution in [1.29, 1.82) is 0 Å². The molecule has 0 spiro atoms. The molecule has 1 aliphatic rings. The summed E-state index contributed by atoms with van der Waals surface area (Å²) in [5, 5.41) is 18.5. The first-order chi connectivity index (χ1) is 10.9. The number of halogens is 2. The predicted octanol–water partition coefficient (Wildman–Crippen LogP) is 1.28. The Balaban J connectivity index is 0.000000277. The van der Waals surface area contributed by atoms with Gasteiger partial charge in [0.15, 0.2) is 17.2 Å². The van der Waals surface area contributed by atoms with Crippen LogP contribution >= 0.6 is 0 Å². The predicted molar refractivity (Wildman–Crippen MR) is 76.5 cm³/mol. The SMILES string of the molecule is Fc1cc2ccoc2c(N2CCNCC2)c1F.O=C(O)C(=O)O. The van der Waals surface area contributed by atoms with Gasteiger partial charge >= 0.3 is 11.9 Å². The van der Waals surface area contributed by atoms with Crippen LogP contribution in [0.1, 0.15) is 0 Å². The Labute approximate surface area is 129 Å². The van der Waals surface area contributed by atoms with Gasteiger partial charge in [-0.25, -0.2) is 18.4 Å². The minimum atomic E-state index is -1.82. The number of benzene rings is 1. The van der Waals surface area contributed by atoms with Crippen LogP contribution in [-0.4, -0.2) is 48.3 Å². The van der Waals surface area contributed by atoms with Gasteiger partial charge in [-0.15, -0.1) is 0 Å². The summed E-state index contributed by atoms with van der Waals surface area (Å²) in [5.41, 5.74) is 0.664. The number of furan rings is 1. The molecule has 0 atom stereocenters. The highest BCUT2D eigenvalue weighted by atomic mass is 19.2. The van der Waals surface area contributed by atoms with E-state index < -0.39 is 23.6 Å². The molecule has 124 valence electrons. The van der Waals surface area contributed by atoms with Crippen LogP contribution in [-0.2, 0) is 9.59 Å². The van der Waals surface area contributed by atoms with Crippen molar-refractivity contribution in [2.75, 3.05) is 31.1 Å². The fourth-order valence-electron chi connectivity index (χ4n) is 2.21. The van der Waals surface area contributed by atoms with Gasteiger partial charge in [-0.2, -0.15) is 0 Å². The maximum Gasteiger partial charge on any atom is 0.414 e. The summed E-state index contributed by atoms with van der Waals surface area (Å²) in [4.78, 5) is 20.0. The Morgan fingerprint density at radius 1 is 1.17 bits per heavy atom. The Bertz CT molecular complexity index is 713. The molecular formula is C14H14F2N2O5. The number of carbonyl (C=O) groups is 2. The van der Waals surface area contributed by atoms with Crippen LogP contribution in [0.2, 0.25) is 0 Å². The van der Waals surface area contributed by atoms with E-state index in [0.717, 1.165) is 13.1 Å². The van der Waals surface area contributed by atoms with Crippen molar-refractivity contribution in [2.24, 2.45) is 0 Å². The van der Waals surface area contributed by atoms with Gasteiger partial charge in [0.25, 0.3) is 0 Å². The van der Waals surface area contributed by atoms with Crippen molar-refractivity contribution in [1.82, 2.24) is 5.32 Å². The minimum Gasteiger partial charge on any atom is -0.473 e. The average Bonchev–Trinajstić information content (AvgIpc) is 2.97. The number of nitrogens with zero attached hydrogens (tertiary/aromatic N) is 1. The normalized spacial score (nSPS) is 14.3. The molecule has 3 N–H and O–H groups in total. The van der Waals surface area contributed by atoms with E-state index in [-0.39, 0.29) is 5.69 Å². The lowest BCUT2D eigenvalue weighted by molar-refractivity contribution is -0.159. The Morgan fingerprint density at radius 2 is 1.78 bits per heavy atom. The van der Waals surface area contributed by atoms with E-state index in [1.165, 1.54) is 12.3 Å². The summed E-state index contributed by atoms with van der Waals surface area (Å²) in [5.74, 6) is -5.30. The zero-order valence-electron chi connectivity index (χ0n) is 11.9. The zero-order chi connectivity index (χ0) is 17.0. The lowest BCUT2D eigenvalue weighted by Crippen LogP contribution is -2.44. The van der Waals surface area contributed by atoms with E-state index in [9.17, 15) is 8.78 Å². The fraction of sp³-hybridized carbons (Fsp3) is 0.286. The second-order valence-corrected chi connectivity index (χ2v) is 4.71. The largest absolute Gasteiger partial charge is 0.473 e. The second kappa shape index (κ2) is 7.05. The molecule has 0 unspecified atom stereocenters. The number of piperazine rings is 1. The van der Waals surface area contributed by atoms with E-state index in [0.29, 0.717) is 24.1 Å². The van der Waals surface area contributed by atoms with Crippen molar-refractivity contribution in [2.45, 2.75) is 0 Å². The van der Waals surface area contributed by atoms with Gasteiger partial charge in [0.05, 0.1) is 6.26 Å². The van der Waals surface area contributed by atoms with Crippen LogP contribution < -0.4 is 10.2 Å². The number of carboxylic acids is 2. The highest BCUT2D eigenvalue weighted by molar-refractivity contribution is 6.27. The van der Waals surface area contributed by atoms with E-state index in [2.05, 4.69) is 5.32 Å². The van der Waals surface area contributed by atoms with E-state index >= 15 is 0 Å². The summed E-state index contributed by atoms with van der Waals surface area (Å²) in [6.45, 7) is 2.82. The fourth-order valence-corrected chi connectivity index (χ4v) is 2.21. The van der Waals surface area contributed by atoms with Gasteiger partial charge in [0, 0.05) is 31.6 Å². The third-order valence-electron chi connectivity index (χ3n) is 3.23. The summed E-state index contributed by atoms with van der Waals surface area (Å²) in [7, 11) is 0. The summed E-state index contributed by atoms with van der Waals surface area (Å²) in [6, 6.07) is 2.81. The number of fused-ring (bicyclic) bond motifs is 1. The molecule has 0 aliphatic carbocycles. The standard InChI is InChI=1S/C12H12F2N2O.C2H2O4/c13-9-7-8-1-6-17-12(8)11(10(9)14)16-4-2-15-3-5-16;3-1(4)2(5)6/h1,6-7,15H,2-5H2;(H,3,4)(H,5,6). The highest BCUT2D eigenvalue weighted by Crippen LogP contribution is 2.32. The molecule has 1 aliphatic heterocycles. The number of carboxylic acid groups (broad SMARTS) is 2. The van der Waals surface area contributed by atoms with Crippen molar-refractivity contribution in [3.63, 3.8) is 0 Å². The molecule has 9 heteroatoms. The van der Waals surface area contributed by atoms with Crippen LogP contribution in [0.25, 0.3) is 11.0 Å². The van der Waals surface area contributed by atoms with Crippen molar-refractivity contribution in [3.05, 3.63) is 30.0 Å². The maximum atomic E-state index is 13.9. The number of aliphatic carboxylic acids is 2. The lowest BCUT2D eigenvalue weighted by atomic mass is 10.2. The van der Waals surface area contributed by atoms with Crippen LogP contribution in [0, 0.1) is 11.6 Å². The zero-order valence-corrected chi connectivity index (χ0v) is 11.9. The number of anilines is 1. The van der Waals surface area contributed by atoms with Gasteiger partial charge in [-0.05, 0) is 12.1 Å². The number of rotatable bonds is 1. The average molecular weight is 328 g/mol. The quantitative estimate of drug-likeness (QED) is 0.678. The molecular weight excluding hydrogens is 314 g/mol. The maximum absolute atomic E-state index is 13.9. The summed E-state index contributed by atoms with van der Waals surface area (Å²) < 4.78 is 32.6. The minimum absolute atomic E-state index is 0.242. The third-order valence-corrected chi connectivity index (χ3v) is 3.23.